The number of nitrogens with one attached hydrogen (secondary N) is 2. The Morgan fingerprint density at radius 3 is 1.50 bits per heavy atom. The van der Waals surface area contributed by atoms with Crippen molar-refractivity contribution in [1.82, 2.24) is 0 Å². The molecule has 114 valence electrons. The van der Waals surface area contributed by atoms with Crippen molar-refractivity contribution >= 4 is 11.4 Å². The van der Waals surface area contributed by atoms with Crippen molar-refractivity contribution in [1.29, 1.82) is 0 Å². The highest BCUT2D eigenvalue weighted by molar-refractivity contribution is 5.68. The van der Waals surface area contributed by atoms with Gasteiger partial charge in [-0.1, -0.05) is 26.0 Å². The van der Waals surface area contributed by atoms with Gasteiger partial charge in [0.2, 0.25) is 0 Å². The van der Waals surface area contributed by atoms with E-state index < -0.39 is 0 Å². The Morgan fingerprint density at radius 2 is 1.20 bits per heavy atom. The van der Waals surface area contributed by atoms with E-state index in [1.54, 1.807) is 0 Å². The Kier molecular flexibility index (Phi) is 8.07. The average molecular weight is 280 g/mol. The van der Waals surface area contributed by atoms with Crippen molar-refractivity contribution in [2.45, 2.75) is 53.0 Å². The fourth-order valence-corrected chi connectivity index (χ4v) is 2.01. The van der Waals surface area contributed by atoms with Crippen molar-refractivity contribution in [3.8, 4) is 0 Å². The van der Waals surface area contributed by atoms with Gasteiger partial charge >= 0.3 is 0 Å². The first-order valence-corrected chi connectivity index (χ1v) is 7.60. The first-order valence-electron chi connectivity index (χ1n) is 7.60. The molecule has 0 aliphatic heterocycles. The summed E-state index contributed by atoms with van der Waals surface area (Å²) in [6.45, 7) is 9.65. The Morgan fingerprint density at radius 1 is 0.800 bits per heavy atom. The molecule has 0 bridgehead atoms. The molecule has 2 N–H and O–H groups in total. The first-order chi connectivity index (χ1) is 9.74. The van der Waals surface area contributed by atoms with Gasteiger partial charge < -0.3 is 20.1 Å². The number of benzene rings is 1. The predicted molar refractivity (Wildman–Crippen MR) is 85.1 cm³/mol. The molecule has 0 spiro atoms. The lowest BCUT2D eigenvalue weighted by Crippen LogP contribution is -2.25. The molecule has 1 aromatic carbocycles. The van der Waals surface area contributed by atoms with Gasteiger partial charge in [-0.05, 0) is 38.8 Å². The summed E-state index contributed by atoms with van der Waals surface area (Å²) in [5.41, 5.74) is 2.09. The maximum absolute atomic E-state index is 5.66. The number of anilines is 2. The second-order valence-corrected chi connectivity index (χ2v) is 4.54. The molecule has 0 aliphatic carbocycles. The van der Waals surface area contributed by atoms with E-state index in [1.165, 1.54) is 0 Å². The Labute approximate surface area is 122 Å². The first kappa shape index (κ1) is 16.8. The monoisotopic (exact) mass is 280 g/mol. The third-order valence-electron chi connectivity index (χ3n) is 3.04. The van der Waals surface area contributed by atoms with Crippen LogP contribution in [0, 0.1) is 0 Å². The molecular weight excluding hydrogens is 252 g/mol. The maximum Gasteiger partial charge on any atom is 0.127 e. The molecule has 0 aliphatic rings. The molecule has 2 atom stereocenters. The lowest BCUT2D eigenvalue weighted by atomic mass is 10.2. The van der Waals surface area contributed by atoms with Gasteiger partial charge in [0.05, 0.1) is 11.4 Å². The van der Waals surface area contributed by atoms with Crippen LogP contribution >= 0.6 is 0 Å². The number of ether oxygens (including phenoxy) is 2. The van der Waals surface area contributed by atoms with Gasteiger partial charge in [0, 0.05) is 13.2 Å². The van der Waals surface area contributed by atoms with Crippen molar-refractivity contribution < 1.29 is 9.47 Å². The summed E-state index contributed by atoms with van der Waals surface area (Å²) in [6.07, 6.45) is 1.92. The summed E-state index contributed by atoms with van der Waals surface area (Å²) >= 11 is 0. The summed E-state index contributed by atoms with van der Waals surface area (Å²) in [5, 5.41) is 6.86. The summed E-state index contributed by atoms with van der Waals surface area (Å²) < 4.78 is 11.3. The van der Waals surface area contributed by atoms with Crippen LogP contribution in [0.3, 0.4) is 0 Å². The van der Waals surface area contributed by atoms with Gasteiger partial charge in [0.15, 0.2) is 0 Å². The Bertz CT molecular complexity index is 336. The van der Waals surface area contributed by atoms with Crippen LogP contribution in [0.15, 0.2) is 24.3 Å². The molecular formula is C16H28N2O2. The van der Waals surface area contributed by atoms with Crippen LogP contribution < -0.4 is 10.6 Å². The molecule has 0 heterocycles. The maximum atomic E-state index is 5.66. The highest BCUT2D eigenvalue weighted by Crippen LogP contribution is 2.24. The third-order valence-corrected chi connectivity index (χ3v) is 3.04. The minimum atomic E-state index is 0.0371. The minimum Gasteiger partial charge on any atom is -0.359 e. The van der Waals surface area contributed by atoms with E-state index in [1.807, 2.05) is 26.0 Å². The highest BCUT2D eigenvalue weighted by atomic mass is 16.5. The Balaban J connectivity index is 2.76. The zero-order valence-corrected chi connectivity index (χ0v) is 13.1. The SMILES string of the molecule is CCOC(CC)Nc1ccccc1NC(CC)OCC. The molecule has 2 unspecified atom stereocenters. The number of hydrogen-bond donors (Lipinski definition) is 2. The van der Waals surface area contributed by atoms with Crippen molar-refractivity contribution in [2.75, 3.05) is 23.8 Å². The van der Waals surface area contributed by atoms with Crippen LogP contribution in [-0.2, 0) is 9.47 Å². The zero-order valence-electron chi connectivity index (χ0n) is 13.1. The van der Waals surface area contributed by atoms with E-state index in [0.29, 0.717) is 13.2 Å². The van der Waals surface area contributed by atoms with Crippen LogP contribution in [0.2, 0.25) is 0 Å². The van der Waals surface area contributed by atoms with Gasteiger partial charge in [-0.2, -0.15) is 0 Å². The highest BCUT2D eigenvalue weighted by Gasteiger charge is 2.11. The van der Waals surface area contributed by atoms with Crippen molar-refractivity contribution in [2.24, 2.45) is 0 Å². The molecule has 1 aromatic rings. The van der Waals surface area contributed by atoms with E-state index in [0.717, 1.165) is 24.2 Å². The van der Waals surface area contributed by atoms with Crippen molar-refractivity contribution in [3.05, 3.63) is 24.3 Å². The second kappa shape index (κ2) is 9.61. The van der Waals surface area contributed by atoms with Crippen LogP contribution in [0.5, 0.6) is 0 Å². The summed E-state index contributed by atoms with van der Waals surface area (Å²) in [4.78, 5) is 0. The standard InChI is InChI=1S/C16H28N2O2/c1-5-15(19-7-3)17-13-11-9-10-12-14(13)18-16(6-2)20-8-4/h9-12,15-18H,5-8H2,1-4H3. The van der Waals surface area contributed by atoms with Gasteiger partial charge in [-0.3, -0.25) is 0 Å². The smallest absolute Gasteiger partial charge is 0.127 e. The molecule has 0 saturated heterocycles. The fraction of sp³-hybridized carbons (Fsp3) is 0.625. The quantitative estimate of drug-likeness (QED) is 0.634. The van der Waals surface area contributed by atoms with Crippen LogP contribution in [0.1, 0.15) is 40.5 Å². The molecule has 0 aromatic heterocycles. The van der Waals surface area contributed by atoms with Crippen LogP contribution in [0.4, 0.5) is 11.4 Å². The fourth-order valence-electron chi connectivity index (χ4n) is 2.01. The summed E-state index contributed by atoms with van der Waals surface area (Å²) in [5.74, 6) is 0. The zero-order chi connectivity index (χ0) is 14.8. The average Bonchev–Trinajstić information content (AvgIpc) is 2.48. The Hall–Kier alpha value is -1.26. The number of rotatable bonds is 10. The third kappa shape index (κ3) is 5.39. The van der Waals surface area contributed by atoms with Crippen molar-refractivity contribution in [3.63, 3.8) is 0 Å². The van der Waals surface area contributed by atoms with E-state index in [-0.39, 0.29) is 12.5 Å². The molecule has 4 heteroatoms. The van der Waals surface area contributed by atoms with Gasteiger partial charge in [-0.25, -0.2) is 0 Å². The molecule has 0 amide bonds. The lowest BCUT2D eigenvalue weighted by molar-refractivity contribution is 0.0785. The van der Waals surface area contributed by atoms with E-state index >= 15 is 0 Å². The van der Waals surface area contributed by atoms with Crippen LogP contribution in [-0.4, -0.2) is 25.7 Å². The molecule has 1 rings (SSSR count). The normalized spacial score (nSPS) is 13.8. The van der Waals surface area contributed by atoms with Gasteiger partial charge in [0.1, 0.15) is 12.5 Å². The summed E-state index contributed by atoms with van der Waals surface area (Å²) in [7, 11) is 0. The van der Waals surface area contributed by atoms with Gasteiger partial charge in [0.25, 0.3) is 0 Å². The topological polar surface area (TPSA) is 42.5 Å². The molecule has 0 radical (unpaired) electrons. The van der Waals surface area contributed by atoms with E-state index in [2.05, 4.69) is 36.6 Å². The number of hydrogen-bond acceptors (Lipinski definition) is 4. The summed E-state index contributed by atoms with van der Waals surface area (Å²) in [6, 6.07) is 8.16. The molecule has 4 nitrogen and oxygen atoms in total. The predicted octanol–water partition coefficient (Wildman–Crippen LogP) is 4.06. The largest absolute Gasteiger partial charge is 0.359 e. The van der Waals surface area contributed by atoms with Gasteiger partial charge in [-0.15, -0.1) is 0 Å². The lowest BCUT2D eigenvalue weighted by Gasteiger charge is -2.23. The molecule has 0 saturated carbocycles. The van der Waals surface area contributed by atoms with E-state index in [9.17, 15) is 0 Å². The molecule has 0 fully saturated rings. The molecule has 20 heavy (non-hydrogen) atoms. The minimum absolute atomic E-state index is 0.0371. The van der Waals surface area contributed by atoms with Crippen LogP contribution in [0.25, 0.3) is 0 Å². The number of para-hydroxylation sites is 2. The van der Waals surface area contributed by atoms with E-state index in [4.69, 9.17) is 9.47 Å². The second-order valence-electron chi connectivity index (χ2n) is 4.54.